The number of Topliss-reactive ketones (excluding diaryl/α,β-unsaturated/α-hetero) is 1. The first kappa shape index (κ1) is 61.2. The molecule has 0 aromatic heterocycles. The summed E-state index contributed by atoms with van der Waals surface area (Å²) < 4.78 is 1.15. The molecule has 1 amide bonds. The van der Waals surface area contributed by atoms with E-state index in [9.17, 15) is 19.8 Å². The van der Waals surface area contributed by atoms with E-state index in [1.807, 2.05) is 13.8 Å². The van der Waals surface area contributed by atoms with Crippen molar-refractivity contribution in [1.29, 1.82) is 0 Å². The summed E-state index contributed by atoms with van der Waals surface area (Å²) in [5.74, 6) is 8.72. The first-order chi connectivity index (χ1) is 35.4. The number of fused-ring (bicyclic) bond motifs is 10. The highest BCUT2D eigenvalue weighted by atomic mass is 79.9. The molecule has 0 aliphatic heterocycles. The van der Waals surface area contributed by atoms with Crippen LogP contribution in [-0.4, -0.2) is 124 Å². The summed E-state index contributed by atoms with van der Waals surface area (Å²) in [7, 11) is 35.1. The van der Waals surface area contributed by atoms with Gasteiger partial charge in [-0.3, -0.25) is 14.4 Å². The third-order valence-electron chi connectivity index (χ3n) is 22.0. The van der Waals surface area contributed by atoms with E-state index in [-0.39, 0.29) is 28.6 Å². The fraction of sp³-hybridized carbons (Fsp3) is 0.759. The number of carbonyl (C=O) groups excluding carboxylic acids is 2. The minimum atomic E-state index is -0.667. The van der Waals surface area contributed by atoms with Crippen LogP contribution >= 0.6 is 15.9 Å². The third kappa shape index (κ3) is 13.7. The van der Waals surface area contributed by atoms with Gasteiger partial charge < -0.3 is 10.2 Å². The maximum Gasteiger partial charge on any atom is 0.249 e. The molecule has 0 bridgehead atoms. The van der Waals surface area contributed by atoms with Crippen molar-refractivity contribution in [2.45, 2.75) is 181 Å². The van der Waals surface area contributed by atoms with Gasteiger partial charge in [-0.25, -0.2) is 5.06 Å². The van der Waals surface area contributed by atoms with Crippen molar-refractivity contribution in [3.8, 4) is 0 Å². The van der Waals surface area contributed by atoms with E-state index in [2.05, 4.69) is 92.2 Å². The number of hydrogen-bond acceptors (Lipinski definition) is 5. The fourth-order valence-corrected chi connectivity index (χ4v) is 18.2. The molecule has 10 rings (SSSR count). The quantitative estimate of drug-likeness (QED) is 0.149. The zero-order chi connectivity index (χ0) is 54.8. The lowest BCUT2D eigenvalue weighted by molar-refractivity contribution is -0.180. The van der Waals surface area contributed by atoms with Gasteiger partial charge >= 0.3 is 0 Å². The molecule has 2 aromatic carbocycles. The van der Waals surface area contributed by atoms with Gasteiger partial charge in [0.25, 0.3) is 0 Å². The number of halogens is 1. The van der Waals surface area contributed by atoms with Gasteiger partial charge in [0, 0.05) is 101 Å². The van der Waals surface area contributed by atoms with Crippen molar-refractivity contribution >= 4 is 99.6 Å². The summed E-state index contributed by atoms with van der Waals surface area (Å²) in [5, 5.41) is 22.6. The lowest BCUT2D eigenvalue weighted by atomic mass is 8.58. The molecule has 0 saturated heterocycles. The van der Waals surface area contributed by atoms with Gasteiger partial charge in [-0.15, -0.1) is 0 Å². The molecule has 0 spiro atoms. The van der Waals surface area contributed by atoms with E-state index in [1.54, 1.807) is 14.2 Å². The van der Waals surface area contributed by atoms with E-state index < -0.39 is 36.7 Å². The molecular weight excluding hydrogens is 979 g/mol. The van der Waals surface area contributed by atoms with Crippen molar-refractivity contribution in [1.82, 2.24) is 5.06 Å². The molecule has 12 radical (unpaired) electrons. The average molecular weight is 1070 g/mol. The maximum absolute atomic E-state index is 13.5. The SMILES string of the molecule is CCc1ccc(Br)cc1.CCc1ccc(C(=O)[C@H]2CC[C@H]3[C@@H]4CC[C@H]5C[C@](C)(O)CC[C@@H]5[C@H]4CC[C@]23C)cc1.CON(C)C(=O)[C@H]1CC[C@H]2[C@@H]3CC[C@H]4C[C@](C)(O)CC[C@@H]4[C@H]3CC[C@]12C.[B]B([B])B(B([B])[B])B([B])[B]. The number of hydroxylamine groups is 2. The van der Waals surface area contributed by atoms with Gasteiger partial charge in [-0.05, 0) is 236 Å². The Morgan fingerprint density at radius 1 is 0.573 bits per heavy atom. The fourth-order valence-electron chi connectivity index (χ4n) is 17.9. The molecular formula is C58H86B10BrNO5. The van der Waals surface area contributed by atoms with Crippen LogP contribution in [0.5, 0.6) is 0 Å². The highest BCUT2D eigenvalue weighted by Crippen LogP contribution is 2.66. The third-order valence-corrected chi connectivity index (χ3v) is 22.5. The number of aryl methyl sites for hydroxylation is 2. The number of benzene rings is 2. The molecule has 2 N–H and O–H groups in total. The lowest BCUT2D eigenvalue weighted by Crippen LogP contribution is -2.62. The average Bonchev–Trinajstić information content (AvgIpc) is 3.92. The number of amides is 1. The van der Waals surface area contributed by atoms with Crippen LogP contribution in [0, 0.1) is 81.8 Å². The van der Waals surface area contributed by atoms with Crippen LogP contribution in [0.25, 0.3) is 0 Å². The summed E-state index contributed by atoms with van der Waals surface area (Å²) >= 11 is 3.37. The molecule has 6 nitrogen and oxygen atoms in total. The zero-order valence-electron chi connectivity index (χ0n) is 47.4. The van der Waals surface area contributed by atoms with Gasteiger partial charge in [0.15, 0.2) is 5.78 Å². The Kier molecular flexibility index (Phi) is 20.9. The Labute approximate surface area is 473 Å². The molecule has 17 heteroatoms. The molecule has 16 atom stereocenters. The van der Waals surface area contributed by atoms with Crippen molar-refractivity contribution in [3.05, 3.63) is 69.7 Å². The molecule has 8 aliphatic rings. The largest absolute Gasteiger partial charge is 0.390 e. The normalized spacial score (nSPS) is 37.9. The van der Waals surface area contributed by atoms with Crippen LogP contribution in [0.1, 0.15) is 179 Å². The number of nitrogens with zero attached hydrogens (tertiary/aromatic N) is 1. The lowest BCUT2D eigenvalue weighted by Gasteiger charge is -2.56. The molecule has 8 aliphatic carbocycles. The summed E-state index contributed by atoms with van der Waals surface area (Å²) in [5.41, 5.74) is 3.10. The minimum Gasteiger partial charge on any atom is -0.390 e. The Balaban J connectivity index is 0.000000164. The molecule has 0 heterocycles. The molecule has 8 fully saturated rings. The molecule has 8 saturated carbocycles. The van der Waals surface area contributed by atoms with E-state index >= 15 is 0 Å². The van der Waals surface area contributed by atoms with Gasteiger partial charge in [0.2, 0.25) is 5.91 Å². The van der Waals surface area contributed by atoms with Crippen LogP contribution in [0.4, 0.5) is 0 Å². The molecule has 75 heavy (non-hydrogen) atoms. The van der Waals surface area contributed by atoms with E-state index in [1.165, 1.54) is 93.2 Å². The van der Waals surface area contributed by atoms with Crippen molar-refractivity contribution in [3.63, 3.8) is 0 Å². The Morgan fingerprint density at radius 3 is 1.37 bits per heavy atom. The second-order valence-electron chi connectivity index (χ2n) is 26.4. The zero-order valence-corrected chi connectivity index (χ0v) is 49.0. The van der Waals surface area contributed by atoms with E-state index in [4.69, 9.17) is 51.3 Å². The van der Waals surface area contributed by atoms with Crippen molar-refractivity contribution in [2.24, 2.45) is 81.8 Å². The second-order valence-corrected chi connectivity index (χ2v) is 27.3. The number of carbonyl (C=O) groups is 2. The minimum absolute atomic E-state index is 0.128. The highest BCUT2D eigenvalue weighted by molar-refractivity contribution is 9.10. The molecule has 0 unspecified atom stereocenters. The number of rotatable bonds is 9. The maximum atomic E-state index is 13.5. The second kappa shape index (κ2) is 25.6. The monoisotopic (exact) mass is 1070 g/mol. The summed E-state index contributed by atoms with van der Waals surface area (Å²) in [6.07, 6.45) is 20.9. The standard InChI is InChI=1S/C28H40O2.C22H37NO3.C8H9Br.B10/c1-4-18-5-7-19(8-6-18)26(29)25-12-11-24-23-10-9-20-17-27(2,30)15-13-21(20)22(23)14-16-28(24,25)3;1-21(25)11-9-15-14(13-21)5-6-17-16(15)10-12-22(2)18(17)7-8-19(22)20(24)23(3)26-4;1-2-7-3-5-8(9)6-4-7;1-7(2)10(8(3)4)9(5)6/h5-8,20-25,30H,4,9-17H2,1-3H3;14-19,25H,5-13H2,1-4H3;3-6H,2H2,1H3;/t20-,21-,22+,23+,24-,25+,27+,28-;14-,15-,16+,17+,18-,19+,21+,22-;;/m00../s1. The van der Waals surface area contributed by atoms with Crippen LogP contribution in [0.3, 0.4) is 0 Å². The highest BCUT2D eigenvalue weighted by Gasteiger charge is 2.61. The van der Waals surface area contributed by atoms with Crippen LogP contribution in [-0.2, 0) is 22.5 Å². The Morgan fingerprint density at radius 2 is 0.973 bits per heavy atom. The topological polar surface area (TPSA) is 87.1 Å². The van der Waals surface area contributed by atoms with Gasteiger partial charge in [-0.1, -0.05) is 80.0 Å². The van der Waals surface area contributed by atoms with Gasteiger partial charge in [-0.2, -0.15) is 0 Å². The smallest absolute Gasteiger partial charge is 0.249 e. The van der Waals surface area contributed by atoms with Crippen molar-refractivity contribution in [2.75, 3.05) is 14.2 Å². The Hall–Kier alpha value is -1.41. The molecule has 2 aromatic rings. The first-order valence-electron chi connectivity index (χ1n) is 29.6. The molecule has 390 valence electrons. The Bertz CT molecular complexity index is 2170. The predicted molar refractivity (Wildman–Crippen MR) is 323 cm³/mol. The summed E-state index contributed by atoms with van der Waals surface area (Å²) in [6, 6.07) is 16.8. The summed E-state index contributed by atoms with van der Waals surface area (Å²) in [4.78, 5) is 31.6. The number of ketones is 1. The number of hydrogen-bond donors (Lipinski definition) is 2. The van der Waals surface area contributed by atoms with E-state index in [0.717, 1.165) is 115 Å². The van der Waals surface area contributed by atoms with Crippen LogP contribution < -0.4 is 0 Å². The van der Waals surface area contributed by atoms with E-state index in [0.29, 0.717) is 11.7 Å². The summed E-state index contributed by atoms with van der Waals surface area (Å²) in [6.45, 7) is 13.3. The van der Waals surface area contributed by atoms with Gasteiger partial charge in [0.05, 0.1) is 18.3 Å². The first-order valence-corrected chi connectivity index (χ1v) is 30.3. The van der Waals surface area contributed by atoms with Crippen LogP contribution in [0.15, 0.2) is 53.0 Å². The van der Waals surface area contributed by atoms with Crippen LogP contribution in [0.2, 0.25) is 0 Å². The van der Waals surface area contributed by atoms with Crippen molar-refractivity contribution < 1.29 is 24.6 Å². The van der Waals surface area contributed by atoms with Gasteiger partial charge in [0.1, 0.15) is 0 Å². The number of aliphatic hydroxyl groups is 2. The predicted octanol–water partition coefficient (Wildman–Crippen LogP) is 9.68.